The van der Waals surface area contributed by atoms with E-state index >= 15 is 0 Å². The lowest BCUT2D eigenvalue weighted by molar-refractivity contribution is 1.42. The highest BCUT2D eigenvalue weighted by Crippen LogP contribution is 2.12. The molecule has 1 rings (SSSR count). The van der Waals surface area contributed by atoms with E-state index in [1.165, 1.54) is 11.1 Å². The zero-order chi connectivity index (χ0) is 7.94. The SMILES string of the molecule is Cl/C=C\SCc1ccccc1. The summed E-state index contributed by atoms with van der Waals surface area (Å²) >= 11 is 7.06. The Morgan fingerprint density at radius 1 is 1.27 bits per heavy atom. The molecule has 0 N–H and O–H groups in total. The van der Waals surface area contributed by atoms with E-state index in [1.807, 2.05) is 23.6 Å². The maximum Gasteiger partial charge on any atom is 0.0226 e. The van der Waals surface area contributed by atoms with Crippen molar-refractivity contribution in [1.82, 2.24) is 0 Å². The molecule has 0 bridgehead atoms. The van der Waals surface area contributed by atoms with E-state index in [4.69, 9.17) is 11.6 Å². The van der Waals surface area contributed by atoms with E-state index < -0.39 is 0 Å². The second-order valence-electron chi connectivity index (χ2n) is 2.06. The van der Waals surface area contributed by atoms with Gasteiger partial charge >= 0.3 is 0 Å². The Kier molecular flexibility index (Phi) is 4.17. The fraction of sp³-hybridized carbons (Fsp3) is 0.111. The summed E-state index contributed by atoms with van der Waals surface area (Å²) in [4.78, 5) is 0. The molecule has 58 valence electrons. The van der Waals surface area contributed by atoms with Crippen LogP contribution in [0.5, 0.6) is 0 Å². The van der Waals surface area contributed by atoms with Gasteiger partial charge in [0.25, 0.3) is 0 Å². The van der Waals surface area contributed by atoms with E-state index in [2.05, 4.69) is 12.1 Å². The molecule has 2 heteroatoms. The predicted octanol–water partition coefficient (Wildman–Crippen LogP) is 3.63. The van der Waals surface area contributed by atoms with Crippen molar-refractivity contribution in [1.29, 1.82) is 0 Å². The maximum absolute atomic E-state index is 5.37. The van der Waals surface area contributed by atoms with E-state index in [9.17, 15) is 0 Å². The summed E-state index contributed by atoms with van der Waals surface area (Å²) in [5.41, 5.74) is 2.86. The van der Waals surface area contributed by atoms with Crippen molar-refractivity contribution in [2.75, 3.05) is 0 Å². The summed E-state index contributed by atoms with van der Waals surface area (Å²) in [6.45, 7) is 0. The first-order valence-electron chi connectivity index (χ1n) is 3.34. The van der Waals surface area contributed by atoms with Crippen molar-refractivity contribution in [3.05, 3.63) is 46.8 Å². The Morgan fingerprint density at radius 2 is 2.00 bits per heavy atom. The summed E-state index contributed by atoms with van der Waals surface area (Å²) in [7, 11) is 0. The van der Waals surface area contributed by atoms with Gasteiger partial charge in [-0.3, -0.25) is 0 Å². The number of hydrogen-bond donors (Lipinski definition) is 0. The summed E-state index contributed by atoms with van der Waals surface area (Å²) < 4.78 is 0. The lowest BCUT2D eigenvalue weighted by Gasteiger charge is -1.94. The number of hydrogen-bond acceptors (Lipinski definition) is 1. The Balaban J connectivity index is 2.39. The molecule has 0 spiro atoms. The standard InChI is InChI=1S/C9H9ClS/c10-6-7-11-8-9-4-2-1-3-5-9/h1-7H,8H2/b7-6-. The van der Waals surface area contributed by atoms with E-state index in [0.717, 1.165) is 5.75 Å². The van der Waals surface area contributed by atoms with Crippen LogP contribution in [-0.2, 0) is 5.75 Å². The van der Waals surface area contributed by atoms with E-state index in [-0.39, 0.29) is 0 Å². The van der Waals surface area contributed by atoms with Crippen LogP contribution in [0, 0.1) is 0 Å². The minimum Gasteiger partial charge on any atom is -0.128 e. The molecule has 0 atom stereocenters. The molecule has 0 heterocycles. The Hall–Kier alpha value is -0.400. The first kappa shape index (κ1) is 8.69. The second-order valence-corrected chi connectivity index (χ2v) is 3.20. The fourth-order valence-electron chi connectivity index (χ4n) is 0.755. The van der Waals surface area contributed by atoms with Gasteiger partial charge in [0.2, 0.25) is 0 Å². The summed E-state index contributed by atoms with van der Waals surface area (Å²) in [6.07, 6.45) is 0. The van der Waals surface area contributed by atoms with Gasteiger partial charge in [0.1, 0.15) is 0 Å². The van der Waals surface area contributed by atoms with Crippen molar-refractivity contribution in [2.45, 2.75) is 5.75 Å². The highest BCUT2D eigenvalue weighted by Gasteiger charge is 1.86. The number of benzene rings is 1. The van der Waals surface area contributed by atoms with Gasteiger partial charge in [0, 0.05) is 11.3 Å². The lowest BCUT2D eigenvalue weighted by Crippen LogP contribution is -1.74. The van der Waals surface area contributed by atoms with Crippen molar-refractivity contribution in [3.8, 4) is 0 Å². The molecule has 0 aliphatic rings. The first-order valence-corrected chi connectivity index (χ1v) is 4.83. The minimum absolute atomic E-state index is 0.990. The number of thioether (sulfide) groups is 1. The van der Waals surface area contributed by atoms with Crippen LogP contribution in [0.3, 0.4) is 0 Å². The molecule has 0 saturated carbocycles. The summed E-state index contributed by atoms with van der Waals surface area (Å²) in [5.74, 6) is 0.990. The third-order valence-electron chi connectivity index (χ3n) is 1.24. The van der Waals surface area contributed by atoms with Gasteiger partial charge in [-0.25, -0.2) is 0 Å². The van der Waals surface area contributed by atoms with Crippen LogP contribution < -0.4 is 0 Å². The largest absolute Gasteiger partial charge is 0.128 e. The highest BCUT2D eigenvalue weighted by molar-refractivity contribution is 8.01. The van der Waals surface area contributed by atoms with Crippen LogP contribution in [0.15, 0.2) is 41.3 Å². The topological polar surface area (TPSA) is 0 Å². The third kappa shape index (κ3) is 3.49. The van der Waals surface area contributed by atoms with Crippen molar-refractivity contribution in [2.24, 2.45) is 0 Å². The Bertz CT molecular complexity index is 218. The minimum atomic E-state index is 0.990. The average molecular weight is 185 g/mol. The van der Waals surface area contributed by atoms with Crippen molar-refractivity contribution in [3.63, 3.8) is 0 Å². The molecule has 0 nitrogen and oxygen atoms in total. The number of rotatable bonds is 3. The average Bonchev–Trinajstić information content (AvgIpc) is 2.07. The Morgan fingerprint density at radius 3 is 2.64 bits per heavy atom. The Labute approximate surface area is 76.3 Å². The number of halogens is 1. The van der Waals surface area contributed by atoms with Crippen LogP contribution in [0.4, 0.5) is 0 Å². The molecule has 0 unspecified atom stereocenters. The van der Waals surface area contributed by atoms with Crippen LogP contribution in [0.25, 0.3) is 0 Å². The van der Waals surface area contributed by atoms with Crippen molar-refractivity contribution >= 4 is 23.4 Å². The monoisotopic (exact) mass is 184 g/mol. The molecular formula is C9H9ClS. The molecule has 0 aromatic heterocycles. The van der Waals surface area contributed by atoms with Crippen LogP contribution in [0.2, 0.25) is 0 Å². The lowest BCUT2D eigenvalue weighted by atomic mass is 10.2. The smallest absolute Gasteiger partial charge is 0.0226 e. The normalized spacial score (nSPS) is 10.6. The molecule has 0 aliphatic carbocycles. The second kappa shape index (κ2) is 5.28. The van der Waals surface area contributed by atoms with Crippen LogP contribution in [0.1, 0.15) is 5.56 Å². The van der Waals surface area contributed by atoms with Crippen LogP contribution >= 0.6 is 23.4 Å². The fourth-order valence-corrected chi connectivity index (χ4v) is 1.53. The highest BCUT2D eigenvalue weighted by atomic mass is 35.5. The zero-order valence-electron chi connectivity index (χ0n) is 6.03. The molecule has 1 aromatic carbocycles. The van der Waals surface area contributed by atoms with E-state index in [1.54, 1.807) is 11.8 Å². The van der Waals surface area contributed by atoms with Crippen LogP contribution in [-0.4, -0.2) is 0 Å². The molecule has 0 aliphatic heterocycles. The van der Waals surface area contributed by atoms with Gasteiger partial charge in [-0.2, -0.15) is 0 Å². The van der Waals surface area contributed by atoms with Gasteiger partial charge < -0.3 is 0 Å². The molecular weight excluding hydrogens is 176 g/mol. The van der Waals surface area contributed by atoms with Gasteiger partial charge in [-0.15, -0.1) is 11.8 Å². The molecule has 1 aromatic rings. The summed E-state index contributed by atoms with van der Waals surface area (Å²) in [6, 6.07) is 10.3. The quantitative estimate of drug-likeness (QED) is 0.692. The third-order valence-corrected chi connectivity index (χ3v) is 2.34. The van der Waals surface area contributed by atoms with Crippen molar-refractivity contribution < 1.29 is 0 Å². The maximum atomic E-state index is 5.37. The van der Waals surface area contributed by atoms with Gasteiger partial charge in [-0.1, -0.05) is 41.9 Å². The zero-order valence-corrected chi connectivity index (χ0v) is 7.61. The molecule has 11 heavy (non-hydrogen) atoms. The molecule has 0 fully saturated rings. The molecule has 0 radical (unpaired) electrons. The van der Waals surface area contributed by atoms with Gasteiger partial charge in [-0.05, 0) is 11.0 Å². The molecule has 0 amide bonds. The van der Waals surface area contributed by atoms with Gasteiger partial charge in [0.15, 0.2) is 0 Å². The predicted molar refractivity (Wildman–Crippen MR) is 52.7 cm³/mol. The summed E-state index contributed by atoms with van der Waals surface area (Å²) in [5, 5.41) is 1.88. The molecule has 0 saturated heterocycles. The van der Waals surface area contributed by atoms with Gasteiger partial charge in [0.05, 0.1) is 0 Å². The first-order chi connectivity index (χ1) is 5.43. The van der Waals surface area contributed by atoms with E-state index in [0.29, 0.717) is 0 Å².